The zero-order chi connectivity index (χ0) is 14.8. The van der Waals surface area contributed by atoms with Gasteiger partial charge in [-0.2, -0.15) is 0 Å². The molecule has 19 heavy (non-hydrogen) atoms. The normalized spacial score (nSPS) is 12.3. The van der Waals surface area contributed by atoms with E-state index < -0.39 is 27.3 Å². The van der Waals surface area contributed by atoms with Crippen LogP contribution in [0.1, 0.15) is 23.5 Å². The van der Waals surface area contributed by atoms with Crippen molar-refractivity contribution in [2.45, 2.75) is 18.7 Å². The molecule has 7 nitrogen and oxygen atoms in total. The van der Waals surface area contributed by atoms with Crippen molar-refractivity contribution in [1.82, 2.24) is 4.72 Å². The highest BCUT2D eigenvalue weighted by Crippen LogP contribution is 2.20. The lowest BCUT2D eigenvalue weighted by Crippen LogP contribution is -2.42. The van der Waals surface area contributed by atoms with Crippen molar-refractivity contribution in [3.05, 3.63) is 16.3 Å². The van der Waals surface area contributed by atoms with Crippen molar-refractivity contribution < 1.29 is 23.1 Å². The summed E-state index contributed by atoms with van der Waals surface area (Å²) >= 11 is 0.814. The predicted octanol–water partition coefficient (Wildman–Crippen LogP) is 0.236. The second-order valence-corrected chi connectivity index (χ2v) is 7.20. The maximum absolute atomic E-state index is 11.9. The number of thiophene rings is 1. The Balaban J connectivity index is 2.87. The van der Waals surface area contributed by atoms with E-state index in [1.54, 1.807) is 0 Å². The highest BCUT2D eigenvalue weighted by Gasteiger charge is 2.28. The molecular weight excluding hydrogens is 292 g/mol. The predicted molar refractivity (Wildman–Crippen MR) is 69.4 cm³/mol. The molecule has 1 rings (SSSR count). The smallest absolute Gasteiger partial charge is 0.345 e. The Morgan fingerprint density at radius 3 is 2.47 bits per heavy atom. The molecule has 1 heterocycles. The third kappa shape index (κ3) is 3.75. The quantitative estimate of drug-likeness (QED) is 0.693. The fraction of sp³-hybridized carbons (Fsp3) is 0.400. The second kappa shape index (κ2) is 5.27. The van der Waals surface area contributed by atoms with E-state index >= 15 is 0 Å². The third-order valence-electron chi connectivity index (χ3n) is 2.47. The highest BCUT2D eigenvalue weighted by molar-refractivity contribution is 7.89. The van der Waals surface area contributed by atoms with Crippen LogP contribution >= 0.6 is 11.3 Å². The van der Waals surface area contributed by atoms with Crippen LogP contribution in [-0.4, -0.2) is 31.9 Å². The van der Waals surface area contributed by atoms with Gasteiger partial charge >= 0.3 is 5.97 Å². The molecule has 1 aromatic rings. The van der Waals surface area contributed by atoms with Crippen LogP contribution in [-0.2, 0) is 14.8 Å². The topological polar surface area (TPSA) is 127 Å². The Morgan fingerprint density at radius 1 is 1.47 bits per heavy atom. The molecule has 0 aliphatic carbocycles. The number of carbonyl (C=O) groups excluding carboxylic acids is 1. The first-order valence-corrected chi connectivity index (χ1v) is 7.54. The summed E-state index contributed by atoms with van der Waals surface area (Å²) in [6.45, 7) is 2.85. The zero-order valence-corrected chi connectivity index (χ0v) is 12.0. The Bertz CT molecular complexity index is 603. The van der Waals surface area contributed by atoms with Crippen LogP contribution in [0.2, 0.25) is 0 Å². The molecule has 0 aliphatic heterocycles. The fourth-order valence-corrected chi connectivity index (χ4v) is 3.34. The summed E-state index contributed by atoms with van der Waals surface area (Å²) < 4.78 is 26.0. The van der Waals surface area contributed by atoms with Gasteiger partial charge in [-0.15, -0.1) is 11.3 Å². The molecule has 0 aromatic carbocycles. The van der Waals surface area contributed by atoms with E-state index in [1.807, 2.05) is 0 Å². The molecule has 106 valence electrons. The van der Waals surface area contributed by atoms with Gasteiger partial charge in [-0.1, -0.05) is 0 Å². The van der Waals surface area contributed by atoms with Crippen molar-refractivity contribution in [3.8, 4) is 0 Å². The molecule has 0 bridgehead atoms. The summed E-state index contributed by atoms with van der Waals surface area (Å²) in [6.07, 6.45) is 0. The molecule has 0 radical (unpaired) electrons. The zero-order valence-electron chi connectivity index (χ0n) is 10.3. The number of nitrogens with one attached hydrogen (secondary N) is 1. The van der Waals surface area contributed by atoms with Gasteiger partial charge in [0.2, 0.25) is 15.9 Å². The lowest BCUT2D eigenvalue weighted by Gasteiger charge is -2.20. The first kappa shape index (κ1) is 15.6. The Hall–Kier alpha value is -1.45. The molecular formula is C10H14N2O5S2. The van der Waals surface area contributed by atoms with Gasteiger partial charge in [0, 0.05) is 11.9 Å². The standard InChI is InChI=1S/C10H14N2O5S2/c1-10(2,9(11)15)5-12-19(16,17)6-3-7(8(13)14)18-4-6/h3-4,12H,5H2,1-2H3,(H2,11,15)(H,13,14). The Morgan fingerprint density at radius 2 is 2.05 bits per heavy atom. The number of amides is 1. The van der Waals surface area contributed by atoms with Crippen LogP contribution in [0, 0.1) is 5.41 Å². The van der Waals surface area contributed by atoms with Crippen molar-refractivity contribution >= 4 is 33.2 Å². The van der Waals surface area contributed by atoms with E-state index in [1.165, 1.54) is 19.2 Å². The van der Waals surface area contributed by atoms with Crippen molar-refractivity contribution in [2.75, 3.05) is 6.54 Å². The number of sulfonamides is 1. The van der Waals surface area contributed by atoms with Crippen LogP contribution in [0.5, 0.6) is 0 Å². The number of hydrogen-bond donors (Lipinski definition) is 3. The first-order chi connectivity index (χ1) is 8.56. The average Bonchev–Trinajstić information content (AvgIpc) is 2.76. The number of rotatable bonds is 6. The summed E-state index contributed by atoms with van der Waals surface area (Å²) in [6, 6.07) is 1.06. The number of carbonyl (C=O) groups is 2. The molecule has 1 amide bonds. The fourth-order valence-electron chi connectivity index (χ4n) is 1.02. The van der Waals surface area contributed by atoms with Gasteiger partial charge in [0.05, 0.1) is 10.3 Å². The van der Waals surface area contributed by atoms with E-state index in [4.69, 9.17) is 10.8 Å². The van der Waals surface area contributed by atoms with Gasteiger partial charge in [-0.25, -0.2) is 17.9 Å². The summed E-state index contributed by atoms with van der Waals surface area (Å²) in [5.41, 5.74) is 4.10. The van der Waals surface area contributed by atoms with E-state index in [0.717, 1.165) is 17.4 Å². The molecule has 9 heteroatoms. The van der Waals surface area contributed by atoms with Gasteiger partial charge in [0.15, 0.2) is 0 Å². The van der Waals surface area contributed by atoms with Crippen molar-refractivity contribution in [1.29, 1.82) is 0 Å². The largest absolute Gasteiger partial charge is 0.477 e. The van der Waals surface area contributed by atoms with E-state index in [9.17, 15) is 18.0 Å². The first-order valence-electron chi connectivity index (χ1n) is 5.18. The number of nitrogens with two attached hydrogens (primary N) is 1. The van der Waals surface area contributed by atoms with Crippen LogP contribution in [0.15, 0.2) is 16.3 Å². The molecule has 0 unspecified atom stereocenters. The number of carboxylic acid groups (broad SMARTS) is 1. The molecule has 1 aromatic heterocycles. The third-order valence-corrected chi connectivity index (χ3v) is 4.92. The molecule has 0 spiro atoms. The Kier molecular flexibility index (Phi) is 4.33. The van der Waals surface area contributed by atoms with Crippen LogP contribution in [0.3, 0.4) is 0 Å². The number of carboxylic acids is 1. The lowest BCUT2D eigenvalue weighted by atomic mass is 9.93. The van der Waals surface area contributed by atoms with Crippen LogP contribution in [0.25, 0.3) is 0 Å². The maximum Gasteiger partial charge on any atom is 0.345 e. The van der Waals surface area contributed by atoms with E-state index in [0.29, 0.717) is 0 Å². The van der Waals surface area contributed by atoms with Gasteiger partial charge in [-0.05, 0) is 19.9 Å². The number of aromatic carboxylic acids is 1. The molecule has 4 N–H and O–H groups in total. The average molecular weight is 306 g/mol. The van der Waals surface area contributed by atoms with E-state index in [-0.39, 0.29) is 16.3 Å². The molecule has 0 fully saturated rings. The highest BCUT2D eigenvalue weighted by atomic mass is 32.2. The van der Waals surface area contributed by atoms with Gasteiger partial charge in [0.1, 0.15) is 4.88 Å². The minimum absolute atomic E-state index is 0.0745. The van der Waals surface area contributed by atoms with Crippen LogP contribution in [0.4, 0.5) is 0 Å². The minimum Gasteiger partial charge on any atom is -0.477 e. The van der Waals surface area contributed by atoms with E-state index in [2.05, 4.69) is 4.72 Å². The van der Waals surface area contributed by atoms with Gasteiger partial charge in [0.25, 0.3) is 0 Å². The molecule has 0 saturated heterocycles. The minimum atomic E-state index is -3.85. The molecule has 0 atom stereocenters. The van der Waals surface area contributed by atoms with Crippen molar-refractivity contribution in [2.24, 2.45) is 11.1 Å². The number of hydrogen-bond acceptors (Lipinski definition) is 5. The Labute approximate surface area is 114 Å². The summed E-state index contributed by atoms with van der Waals surface area (Å²) in [4.78, 5) is 21.5. The van der Waals surface area contributed by atoms with Gasteiger partial charge in [-0.3, -0.25) is 4.79 Å². The maximum atomic E-state index is 11.9. The van der Waals surface area contributed by atoms with Crippen LogP contribution < -0.4 is 10.5 Å². The lowest BCUT2D eigenvalue weighted by molar-refractivity contribution is -0.125. The second-order valence-electron chi connectivity index (χ2n) is 4.52. The molecule has 0 saturated carbocycles. The molecule has 0 aliphatic rings. The SMILES string of the molecule is CC(C)(CNS(=O)(=O)c1csc(C(=O)O)c1)C(N)=O. The summed E-state index contributed by atoms with van der Waals surface area (Å²) in [5, 5.41) is 9.96. The number of primary amides is 1. The van der Waals surface area contributed by atoms with Gasteiger partial charge < -0.3 is 10.8 Å². The summed E-state index contributed by atoms with van der Waals surface area (Å²) in [5.74, 6) is -1.82. The monoisotopic (exact) mass is 306 g/mol. The van der Waals surface area contributed by atoms with Crippen molar-refractivity contribution in [3.63, 3.8) is 0 Å². The summed E-state index contributed by atoms with van der Waals surface area (Å²) in [7, 11) is -3.85.